The lowest BCUT2D eigenvalue weighted by atomic mass is 10.1. The second-order valence-electron chi connectivity index (χ2n) is 7.50. The number of nitrogens with one attached hydrogen (secondary N) is 2. The molecule has 146 valence electrons. The summed E-state index contributed by atoms with van der Waals surface area (Å²) >= 11 is 0. The Morgan fingerprint density at radius 1 is 1.07 bits per heavy atom. The van der Waals surface area contributed by atoms with Crippen LogP contribution in [0.4, 0.5) is 5.69 Å². The molecule has 29 heavy (non-hydrogen) atoms. The Bertz CT molecular complexity index is 1160. The van der Waals surface area contributed by atoms with Crippen LogP contribution in [-0.2, 0) is 0 Å². The van der Waals surface area contributed by atoms with E-state index >= 15 is 0 Å². The summed E-state index contributed by atoms with van der Waals surface area (Å²) in [4.78, 5) is 16.4. The maximum absolute atomic E-state index is 4.90. The number of anilines is 1. The molecule has 0 aliphatic carbocycles. The monoisotopic (exact) mass is 385 g/mol. The third-order valence-corrected chi connectivity index (χ3v) is 5.56. The van der Waals surface area contributed by atoms with Crippen molar-refractivity contribution in [2.75, 3.05) is 25.0 Å². The number of aromatic nitrogens is 5. The molecule has 7 nitrogen and oxygen atoms in total. The smallest absolute Gasteiger partial charge is 0.120 e. The molecule has 7 heteroatoms. The summed E-state index contributed by atoms with van der Waals surface area (Å²) in [7, 11) is 2.13. The molecular weight excluding hydrogens is 362 g/mol. The summed E-state index contributed by atoms with van der Waals surface area (Å²) in [5.74, 6) is 0. The third-order valence-electron chi connectivity index (χ3n) is 5.56. The van der Waals surface area contributed by atoms with Crippen molar-refractivity contribution in [3.63, 3.8) is 0 Å². The average Bonchev–Trinajstić information content (AvgIpc) is 3.44. The lowest BCUT2D eigenvalue weighted by Gasteiger charge is -2.25. The lowest BCUT2D eigenvalue weighted by molar-refractivity contribution is 0.685. The summed E-state index contributed by atoms with van der Waals surface area (Å²) in [6.07, 6.45) is 4.95. The van der Waals surface area contributed by atoms with Crippen molar-refractivity contribution in [3.05, 3.63) is 54.5 Å². The van der Waals surface area contributed by atoms with Crippen LogP contribution in [0.15, 0.2) is 48.8 Å². The van der Waals surface area contributed by atoms with Crippen LogP contribution in [0.3, 0.4) is 0 Å². The number of nitrogens with zero attached hydrogens (tertiary/aromatic N) is 5. The Morgan fingerprint density at radius 2 is 2.00 bits per heavy atom. The standard InChI is InChI=1S/C22H23N7/c1-14-4-3-5-20(26-14)22-17(13-25-28-22)18-6-7-19-21(27-18)10-16(12-24-19)29(2)15-8-9-23-11-15/h3-7,10,12-13,15,23H,8-9,11H2,1-2H3,(H,25,28)/t15-/m1/s1. The van der Waals surface area contributed by atoms with E-state index in [0.717, 1.165) is 64.6 Å². The van der Waals surface area contributed by atoms with Gasteiger partial charge in [-0.25, -0.2) is 4.98 Å². The fraction of sp³-hybridized carbons (Fsp3) is 0.273. The van der Waals surface area contributed by atoms with Crippen molar-refractivity contribution < 1.29 is 0 Å². The number of hydrogen-bond acceptors (Lipinski definition) is 6. The van der Waals surface area contributed by atoms with E-state index in [1.54, 1.807) is 0 Å². The SMILES string of the molecule is Cc1cccc(-c2n[nH]cc2-c2ccc3ncc(N(C)[C@@H]4CCNC4)cc3n2)n1. The first-order valence-corrected chi connectivity index (χ1v) is 9.87. The molecule has 4 aromatic rings. The van der Waals surface area contributed by atoms with Gasteiger partial charge in [0, 0.05) is 37.1 Å². The number of aromatic amines is 1. The largest absolute Gasteiger partial charge is 0.369 e. The zero-order chi connectivity index (χ0) is 19.8. The molecule has 0 radical (unpaired) electrons. The van der Waals surface area contributed by atoms with Crippen molar-refractivity contribution in [3.8, 4) is 22.6 Å². The van der Waals surface area contributed by atoms with E-state index < -0.39 is 0 Å². The molecule has 0 bridgehead atoms. The van der Waals surface area contributed by atoms with Crippen molar-refractivity contribution in [2.24, 2.45) is 0 Å². The second kappa shape index (κ2) is 7.25. The molecule has 2 N–H and O–H groups in total. The van der Waals surface area contributed by atoms with Gasteiger partial charge in [0.05, 0.1) is 34.3 Å². The number of rotatable bonds is 4. The molecule has 4 aromatic heterocycles. The maximum Gasteiger partial charge on any atom is 0.120 e. The van der Waals surface area contributed by atoms with E-state index in [-0.39, 0.29) is 0 Å². The highest BCUT2D eigenvalue weighted by Gasteiger charge is 2.20. The lowest BCUT2D eigenvalue weighted by Crippen LogP contribution is -2.33. The molecule has 0 unspecified atom stereocenters. The Hall–Kier alpha value is -3.32. The third kappa shape index (κ3) is 3.34. The van der Waals surface area contributed by atoms with Gasteiger partial charge < -0.3 is 10.2 Å². The first-order valence-electron chi connectivity index (χ1n) is 9.87. The van der Waals surface area contributed by atoms with E-state index in [0.29, 0.717) is 6.04 Å². The van der Waals surface area contributed by atoms with Crippen LogP contribution in [0.2, 0.25) is 0 Å². The Labute approximate surface area is 169 Å². The Kier molecular flexibility index (Phi) is 4.44. The van der Waals surface area contributed by atoms with Gasteiger partial charge in [0.1, 0.15) is 5.69 Å². The average molecular weight is 385 g/mol. The van der Waals surface area contributed by atoms with E-state index in [9.17, 15) is 0 Å². The van der Waals surface area contributed by atoms with Gasteiger partial charge in [-0.15, -0.1) is 0 Å². The van der Waals surface area contributed by atoms with Crippen LogP contribution in [0.1, 0.15) is 12.1 Å². The summed E-state index contributed by atoms with van der Waals surface area (Å²) in [5.41, 5.74) is 7.24. The van der Waals surface area contributed by atoms with Crippen molar-refractivity contribution in [1.82, 2.24) is 30.5 Å². The van der Waals surface area contributed by atoms with Gasteiger partial charge >= 0.3 is 0 Å². The predicted molar refractivity (Wildman–Crippen MR) is 115 cm³/mol. The van der Waals surface area contributed by atoms with Crippen molar-refractivity contribution in [1.29, 1.82) is 0 Å². The van der Waals surface area contributed by atoms with Crippen LogP contribution >= 0.6 is 0 Å². The van der Waals surface area contributed by atoms with E-state index in [4.69, 9.17) is 4.98 Å². The van der Waals surface area contributed by atoms with Gasteiger partial charge in [-0.1, -0.05) is 6.07 Å². The molecule has 0 amide bonds. The molecule has 1 fully saturated rings. The van der Waals surface area contributed by atoms with Crippen LogP contribution in [0, 0.1) is 6.92 Å². The molecule has 0 aromatic carbocycles. The van der Waals surface area contributed by atoms with Crippen molar-refractivity contribution >= 4 is 16.7 Å². The number of H-pyrrole nitrogens is 1. The minimum atomic E-state index is 0.491. The van der Waals surface area contributed by atoms with E-state index in [2.05, 4.69) is 43.5 Å². The molecule has 0 saturated carbocycles. The molecule has 1 atom stereocenters. The number of likely N-dealkylation sites (N-methyl/N-ethyl adjacent to an activating group) is 1. The molecular formula is C22H23N7. The van der Waals surface area contributed by atoms with Crippen LogP contribution < -0.4 is 10.2 Å². The summed E-state index contributed by atoms with van der Waals surface area (Å²) < 4.78 is 0. The van der Waals surface area contributed by atoms with Gasteiger partial charge in [-0.05, 0) is 50.2 Å². The first-order chi connectivity index (χ1) is 14.2. The van der Waals surface area contributed by atoms with Crippen LogP contribution in [0.25, 0.3) is 33.7 Å². The Morgan fingerprint density at radius 3 is 2.83 bits per heavy atom. The number of fused-ring (bicyclic) bond motifs is 1. The highest BCUT2D eigenvalue weighted by Crippen LogP contribution is 2.30. The first kappa shape index (κ1) is 17.8. The number of hydrogen-bond donors (Lipinski definition) is 2. The molecule has 1 aliphatic heterocycles. The van der Waals surface area contributed by atoms with E-state index in [1.807, 2.05) is 49.6 Å². The highest BCUT2D eigenvalue weighted by molar-refractivity contribution is 5.84. The van der Waals surface area contributed by atoms with Gasteiger partial charge in [-0.2, -0.15) is 5.10 Å². The molecule has 1 saturated heterocycles. The zero-order valence-corrected chi connectivity index (χ0v) is 16.6. The number of aryl methyl sites for hydroxylation is 1. The zero-order valence-electron chi connectivity index (χ0n) is 16.6. The second-order valence-corrected chi connectivity index (χ2v) is 7.50. The molecule has 5 rings (SSSR count). The van der Waals surface area contributed by atoms with Crippen LogP contribution in [-0.4, -0.2) is 51.3 Å². The Balaban J connectivity index is 1.54. The summed E-state index contributed by atoms with van der Waals surface area (Å²) in [5, 5.41) is 10.8. The molecule has 5 heterocycles. The number of pyridine rings is 3. The minimum absolute atomic E-state index is 0.491. The minimum Gasteiger partial charge on any atom is -0.369 e. The fourth-order valence-corrected chi connectivity index (χ4v) is 3.88. The maximum atomic E-state index is 4.90. The van der Waals surface area contributed by atoms with Gasteiger partial charge in [0.2, 0.25) is 0 Å². The van der Waals surface area contributed by atoms with Gasteiger partial charge in [0.15, 0.2) is 0 Å². The molecule has 1 aliphatic rings. The van der Waals surface area contributed by atoms with Crippen LogP contribution in [0.5, 0.6) is 0 Å². The summed E-state index contributed by atoms with van der Waals surface area (Å²) in [6, 6.07) is 12.6. The fourth-order valence-electron chi connectivity index (χ4n) is 3.88. The molecule has 0 spiro atoms. The topological polar surface area (TPSA) is 82.6 Å². The summed E-state index contributed by atoms with van der Waals surface area (Å²) in [6.45, 7) is 4.05. The normalized spacial score (nSPS) is 16.4. The van der Waals surface area contributed by atoms with E-state index in [1.165, 1.54) is 0 Å². The quantitative estimate of drug-likeness (QED) is 0.561. The van der Waals surface area contributed by atoms with Gasteiger partial charge in [0.25, 0.3) is 0 Å². The van der Waals surface area contributed by atoms with Crippen molar-refractivity contribution in [2.45, 2.75) is 19.4 Å². The highest BCUT2D eigenvalue weighted by atomic mass is 15.2. The predicted octanol–water partition coefficient (Wildman–Crippen LogP) is 3.19. The van der Waals surface area contributed by atoms with Gasteiger partial charge in [-0.3, -0.25) is 15.1 Å².